The van der Waals surface area contributed by atoms with Gasteiger partial charge in [-0.05, 0) is 49.7 Å². The van der Waals surface area contributed by atoms with E-state index in [2.05, 4.69) is 56.5 Å². The van der Waals surface area contributed by atoms with Crippen LogP contribution in [0, 0.1) is 11.8 Å². The van der Waals surface area contributed by atoms with E-state index in [1.807, 2.05) is 42.7 Å². The third-order valence-corrected chi connectivity index (χ3v) is 5.76. The van der Waals surface area contributed by atoms with Gasteiger partial charge in [0.1, 0.15) is 0 Å². The lowest BCUT2D eigenvalue weighted by Gasteiger charge is -2.36. The predicted molar refractivity (Wildman–Crippen MR) is 129 cm³/mol. The van der Waals surface area contributed by atoms with Crippen LogP contribution in [0.2, 0.25) is 0 Å². The molecular weight excluding hydrogens is 396 g/mol. The highest BCUT2D eigenvalue weighted by atomic mass is 15.3. The molecule has 0 spiro atoms. The van der Waals surface area contributed by atoms with Crippen molar-refractivity contribution in [2.24, 2.45) is 5.73 Å². The maximum Gasteiger partial charge on any atom is 0.0896 e. The van der Waals surface area contributed by atoms with Crippen molar-refractivity contribution in [3.63, 3.8) is 0 Å². The lowest BCUT2D eigenvalue weighted by molar-refractivity contribution is 0.118. The molecule has 4 rings (SSSR count). The second-order valence-electron chi connectivity index (χ2n) is 8.32. The van der Waals surface area contributed by atoms with Crippen molar-refractivity contribution in [2.45, 2.75) is 26.4 Å². The highest BCUT2D eigenvalue weighted by Gasteiger charge is 2.17. The molecule has 3 aromatic rings. The molecule has 164 valence electrons. The van der Waals surface area contributed by atoms with Crippen LogP contribution in [0.25, 0.3) is 22.5 Å². The summed E-state index contributed by atoms with van der Waals surface area (Å²) in [5.74, 6) is 6.62. The van der Waals surface area contributed by atoms with Crippen molar-refractivity contribution in [1.82, 2.24) is 24.8 Å². The number of hydrogen-bond donors (Lipinski definition) is 1. The standard InChI is InChI=1S/C26H30N6/c1-20(2)32-12-10-31(11-13-32)9-5-6-21-14-23(19-28-18-21)22-15-24(17-27)30-26(16-22)25-7-3-4-8-29-25/h3-4,7-8,14-16,18-20H,9-13,17,27H2,1-2H3. The minimum Gasteiger partial charge on any atom is -0.325 e. The minimum absolute atomic E-state index is 0.366. The van der Waals surface area contributed by atoms with Crippen LogP contribution in [0.1, 0.15) is 25.1 Å². The Bertz CT molecular complexity index is 1090. The Morgan fingerprint density at radius 3 is 2.56 bits per heavy atom. The molecule has 2 N–H and O–H groups in total. The molecule has 4 heterocycles. The van der Waals surface area contributed by atoms with Gasteiger partial charge in [0, 0.05) is 68.5 Å². The summed E-state index contributed by atoms with van der Waals surface area (Å²) in [6.07, 6.45) is 5.44. The molecule has 0 unspecified atom stereocenters. The maximum absolute atomic E-state index is 5.91. The Hall–Kier alpha value is -3.11. The third-order valence-electron chi connectivity index (χ3n) is 5.76. The van der Waals surface area contributed by atoms with Gasteiger partial charge in [0.25, 0.3) is 0 Å². The lowest BCUT2D eigenvalue weighted by Crippen LogP contribution is -2.48. The van der Waals surface area contributed by atoms with Gasteiger partial charge in [-0.1, -0.05) is 17.9 Å². The summed E-state index contributed by atoms with van der Waals surface area (Å²) in [6.45, 7) is 10.0. The van der Waals surface area contributed by atoms with E-state index in [9.17, 15) is 0 Å². The van der Waals surface area contributed by atoms with E-state index >= 15 is 0 Å². The van der Waals surface area contributed by atoms with Gasteiger partial charge >= 0.3 is 0 Å². The smallest absolute Gasteiger partial charge is 0.0896 e. The SMILES string of the molecule is CC(C)N1CCN(CC#Cc2cncc(-c3cc(CN)nc(-c4ccccn4)c3)c2)CC1. The van der Waals surface area contributed by atoms with E-state index in [-0.39, 0.29) is 0 Å². The van der Waals surface area contributed by atoms with E-state index < -0.39 is 0 Å². The summed E-state index contributed by atoms with van der Waals surface area (Å²) in [4.78, 5) is 18.4. The number of hydrogen-bond acceptors (Lipinski definition) is 6. The molecule has 0 radical (unpaired) electrons. The van der Waals surface area contributed by atoms with Crippen LogP contribution in [0.15, 0.2) is 55.0 Å². The molecule has 0 bridgehead atoms. The van der Waals surface area contributed by atoms with E-state index in [1.165, 1.54) is 0 Å². The normalized spacial score (nSPS) is 14.9. The van der Waals surface area contributed by atoms with Crippen LogP contribution in [0.5, 0.6) is 0 Å². The minimum atomic E-state index is 0.366. The summed E-state index contributed by atoms with van der Waals surface area (Å²) in [5.41, 5.74) is 11.3. The first-order valence-corrected chi connectivity index (χ1v) is 11.2. The molecule has 1 aliphatic heterocycles. The highest BCUT2D eigenvalue weighted by molar-refractivity contribution is 5.70. The predicted octanol–water partition coefficient (Wildman–Crippen LogP) is 3.04. The van der Waals surface area contributed by atoms with Gasteiger partial charge in [-0.2, -0.15) is 0 Å². The van der Waals surface area contributed by atoms with Crippen LogP contribution in [-0.4, -0.2) is 63.5 Å². The molecule has 1 fully saturated rings. The fourth-order valence-corrected chi connectivity index (χ4v) is 3.86. The van der Waals surface area contributed by atoms with Crippen molar-refractivity contribution in [3.05, 3.63) is 66.2 Å². The Morgan fingerprint density at radius 1 is 1.00 bits per heavy atom. The van der Waals surface area contributed by atoms with Crippen molar-refractivity contribution < 1.29 is 0 Å². The molecule has 1 saturated heterocycles. The fraction of sp³-hybridized carbons (Fsp3) is 0.346. The van der Waals surface area contributed by atoms with Crippen molar-refractivity contribution in [3.8, 4) is 34.4 Å². The summed E-state index contributed by atoms with van der Waals surface area (Å²) in [5, 5.41) is 0. The van der Waals surface area contributed by atoms with E-state index in [1.54, 1.807) is 6.20 Å². The van der Waals surface area contributed by atoms with E-state index in [0.717, 1.165) is 66.5 Å². The summed E-state index contributed by atoms with van der Waals surface area (Å²) in [6, 6.07) is 12.5. The number of pyridine rings is 3. The molecule has 6 heteroatoms. The highest BCUT2D eigenvalue weighted by Crippen LogP contribution is 2.25. The average Bonchev–Trinajstić information content (AvgIpc) is 2.85. The van der Waals surface area contributed by atoms with Crippen molar-refractivity contribution in [1.29, 1.82) is 0 Å². The number of piperazine rings is 1. The molecule has 6 nitrogen and oxygen atoms in total. The first kappa shape index (κ1) is 22.1. The van der Waals surface area contributed by atoms with E-state index in [0.29, 0.717) is 12.6 Å². The molecular formula is C26H30N6. The van der Waals surface area contributed by atoms with Gasteiger partial charge < -0.3 is 5.73 Å². The zero-order chi connectivity index (χ0) is 22.3. The van der Waals surface area contributed by atoms with Gasteiger partial charge in [-0.25, -0.2) is 4.98 Å². The Balaban J connectivity index is 1.50. The first-order valence-electron chi connectivity index (χ1n) is 11.2. The molecule has 0 atom stereocenters. The van der Waals surface area contributed by atoms with Gasteiger partial charge in [0.15, 0.2) is 0 Å². The largest absolute Gasteiger partial charge is 0.325 e. The van der Waals surface area contributed by atoms with Gasteiger partial charge in [-0.15, -0.1) is 0 Å². The molecule has 0 saturated carbocycles. The number of nitrogens with zero attached hydrogens (tertiary/aromatic N) is 5. The van der Waals surface area contributed by atoms with Gasteiger partial charge in [-0.3, -0.25) is 19.8 Å². The fourth-order valence-electron chi connectivity index (χ4n) is 3.86. The monoisotopic (exact) mass is 426 g/mol. The van der Waals surface area contributed by atoms with Crippen molar-refractivity contribution >= 4 is 0 Å². The zero-order valence-electron chi connectivity index (χ0n) is 18.8. The van der Waals surface area contributed by atoms with Gasteiger partial charge in [0.2, 0.25) is 0 Å². The molecule has 0 aromatic carbocycles. The maximum atomic E-state index is 5.91. The van der Waals surface area contributed by atoms with Crippen molar-refractivity contribution in [2.75, 3.05) is 32.7 Å². The number of rotatable bonds is 5. The molecule has 3 aromatic heterocycles. The van der Waals surface area contributed by atoms with Crippen LogP contribution >= 0.6 is 0 Å². The zero-order valence-corrected chi connectivity index (χ0v) is 18.8. The molecule has 1 aliphatic rings. The van der Waals surface area contributed by atoms with Crippen LogP contribution in [0.4, 0.5) is 0 Å². The van der Waals surface area contributed by atoms with Crippen LogP contribution in [-0.2, 0) is 6.54 Å². The Kier molecular flexibility index (Phi) is 7.23. The third kappa shape index (κ3) is 5.57. The number of aromatic nitrogens is 3. The number of nitrogens with two attached hydrogens (primary N) is 1. The second-order valence-corrected chi connectivity index (χ2v) is 8.32. The van der Waals surface area contributed by atoms with Crippen LogP contribution < -0.4 is 5.73 Å². The molecule has 0 amide bonds. The van der Waals surface area contributed by atoms with Gasteiger partial charge in [0.05, 0.1) is 23.6 Å². The topological polar surface area (TPSA) is 71.2 Å². The average molecular weight is 427 g/mol. The van der Waals surface area contributed by atoms with E-state index in [4.69, 9.17) is 5.73 Å². The molecule has 32 heavy (non-hydrogen) atoms. The first-order chi connectivity index (χ1) is 15.6. The lowest BCUT2D eigenvalue weighted by atomic mass is 10.0. The summed E-state index contributed by atoms with van der Waals surface area (Å²) >= 11 is 0. The summed E-state index contributed by atoms with van der Waals surface area (Å²) < 4.78 is 0. The quantitative estimate of drug-likeness (QED) is 0.633. The summed E-state index contributed by atoms with van der Waals surface area (Å²) in [7, 11) is 0. The Labute approximate surface area is 190 Å². The van der Waals surface area contributed by atoms with Crippen LogP contribution in [0.3, 0.4) is 0 Å². The second kappa shape index (κ2) is 10.5. The Morgan fingerprint density at radius 2 is 1.84 bits per heavy atom. The molecule has 0 aliphatic carbocycles.